The van der Waals surface area contributed by atoms with Crippen LogP contribution in [0.3, 0.4) is 0 Å². The highest BCUT2D eigenvalue weighted by Crippen LogP contribution is 2.37. The van der Waals surface area contributed by atoms with E-state index in [0.717, 1.165) is 54.3 Å². The lowest BCUT2D eigenvalue weighted by Gasteiger charge is -2.29. The predicted molar refractivity (Wildman–Crippen MR) is 130 cm³/mol. The molecule has 172 valence electrons. The molecule has 1 amide bonds. The lowest BCUT2D eigenvalue weighted by molar-refractivity contribution is 0.0391. The van der Waals surface area contributed by atoms with Crippen molar-refractivity contribution < 1.29 is 14.3 Å². The number of hydrogen-bond donors (Lipinski definition) is 0. The number of hydrogen-bond acceptors (Lipinski definition) is 7. The van der Waals surface area contributed by atoms with E-state index in [9.17, 15) is 4.79 Å². The van der Waals surface area contributed by atoms with Gasteiger partial charge in [-0.2, -0.15) is 0 Å². The zero-order chi connectivity index (χ0) is 22.9. The Morgan fingerprint density at radius 1 is 1.18 bits per heavy atom. The van der Waals surface area contributed by atoms with Crippen LogP contribution in [-0.2, 0) is 4.74 Å². The summed E-state index contributed by atoms with van der Waals surface area (Å²) in [6.07, 6.45) is 1.88. The van der Waals surface area contributed by atoms with Gasteiger partial charge in [-0.05, 0) is 37.6 Å². The molecule has 1 aliphatic rings. The van der Waals surface area contributed by atoms with Crippen molar-refractivity contribution in [2.24, 2.45) is 0 Å². The van der Waals surface area contributed by atoms with Gasteiger partial charge in [-0.15, -0.1) is 0 Å². The smallest absolute Gasteiger partial charge is 0.279 e. The summed E-state index contributed by atoms with van der Waals surface area (Å²) in [7, 11) is 1.65. The van der Waals surface area contributed by atoms with Crippen LogP contribution in [0.5, 0.6) is 5.75 Å². The Morgan fingerprint density at radius 2 is 2.00 bits per heavy atom. The molecule has 0 unspecified atom stereocenters. The molecule has 3 aromatic heterocycles. The number of rotatable bonds is 6. The highest BCUT2D eigenvalue weighted by Gasteiger charge is 2.27. The Balaban J connectivity index is 1.57. The second kappa shape index (κ2) is 9.09. The van der Waals surface area contributed by atoms with E-state index in [2.05, 4.69) is 16.8 Å². The lowest BCUT2D eigenvalue weighted by Crippen LogP contribution is -2.43. The van der Waals surface area contributed by atoms with E-state index in [1.807, 2.05) is 47.9 Å². The fourth-order valence-electron chi connectivity index (χ4n) is 4.23. The van der Waals surface area contributed by atoms with Gasteiger partial charge in [0.05, 0.1) is 30.7 Å². The molecule has 1 aliphatic heterocycles. The topological polar surface area (TPSA) is 72.2 Å². The average molecular weight is 466 g/mol. The molecule has 0 bridgehead atoms. The third-order valence-corrected chi connectivity index (χ3v) is 7.25. The predicted octanol–water partition coefficient (Wildman–Crippen LogP) is 3.55. The number of carbonyl (C=O) groups excluding carboxylic acids is 1. The van der Waals surface area contributed by atoms with E-state index in [0.29, 0.717) is 28.8 Å². The molecule has 8 nitrogen and oxygen atoms in total. The fourth-order valence-corrected chi connectivity index (χ4v) is 5.30. The first-order chi connectivity index (χ1) is 16.1. The first-order valence-corrected chi connectivity index (χ1v) is 11.9. The molecule has 0 radical (unpaired) electrons. The number of ether oxygens (including phenoxy) is 2. The number of morpholine rings is 1. The van der Waals surface area contributed by atoms with Crippen molar-refractivity contribution in [1.29, 1.82) is 0 Å². The Bertz CT molecular complexity index is 1310. The third kappa shape index (κ3) is 4.07. The third-order valence-electron chi connectivity index (χ3n) is 6.04. The summed E-state index contributed by atoms with van der Waals surface area (Å²) in [5.74, 6) is 0.611. The molecule has 33 heavy (non-hydrogen) atoms. The molecule has 9 heteroatoms. The highest BCUT2D eigenvalue weighted by molar-refractivity contribution is 7.22. The van der Waals surface area contributed by atoms with Gasteiger partial charge in [-0.1, -0.05) is 23.5 Å². The number of fused-ring (bicyclic) bond motifs is 2. The Morgan fingerprint density at radius 3 is 2.79 bits per heavy atom. The van der Waals surface area contributed by atoms with Crippen molar-refractivity contribution in [2.75, 3.05) is 51.4 Å². The Hall–Kier alpha value is -3.01. The Kier molecular flexibility index (Phi) is 6.01. The molecule has 4 heterocycles. The molecule has 4 aromatic rings. The van der Waals surface area contributed by atoms with E-state index in [1.54, 1.807) is 12.0 Å². The van der Waals surface area contributed by atoms with Gasteiger partial charge in [0.15, 0.2) is 5.13 Å². The number of carbonyl (C=O) groups is 1. The number of benzene rings is 1. The SMILES string of the molecule is COc1ccc(C)c2sc(N(CCN3CCOCC3)C(=O)c3c(C)nc4ccccn34)nc12. The number of thiazole rings is 1. The summed E-state index contributed by atoms with van der Waals surface area (Å²) >= 11 is 1.53. The number of amides is 1. The monoisotopic (exact) mass is 465 g/mol. The number of anilines is 1. The quantitative estimate of drug-likeness (QED) is 0.434. The molecule has 0 atom stereocenters. The van der Waals surface area contributed by atoms with Crippen molar-refractivity contribution >= 4 is 38.2 Å². The van der Waals surface area contributed by atoms with Gasteiger partial charge in [-0.3, -0.25) is 19.0 Å². The van der Waals surface area contributed by atoms with Gasteiger partial charge in [-0.25, -0.2) is 9.97 Å². The molecule has 1 fully saturated rings. The molecular formula is C24H27N5O3S. The minimum Gasteiger partial charge on any atom is -0.494 e. The maximum atomic E-state index is 14.0. The van der Waals surface area contributed by atoms with Crippen molar-refractivity contribution in [2.45, 2.75) is 13.8 Å². The van der Waals surface area contributed by atoms with E-state index in [1.165, 1.54) is 11.3 Å². The van der Waals surface area contributed by atoms with Gasteiger partial charge in [0, 0.05) is 32.4 Å². The molecule has 0 N–H and O–H groups in total. The number of imidazole rings is 1. The number of nitrogens with zero attached hydrogens (tertiary/aromatic N) is 5. The van der Waals surface area contributed by atoms with Crippen molar-refractivity contribution in [3.63, 3.8) is 0 Å². The number of methoxy groups -OCH3 is 1. The highest BCUT2D eigenvalue weighted by atomic mass is 32.1. The number of aromatic nitrogens is 3. The van der Waals surface area contributed by atoms with Crippen LogP contribution in [0.2, 0.25) is 0 Å². The van der Waals surface area contributed by atoms with Crippen molar-refractivity contribution in [1.82, 2.24) is 19.3 Å². The first-order valence-electron chi connectivity index (χ1n) is 11.1. The fraction of sp³-hybridized carbons (Fsp3) is 0.375. The zero-order valence-electron chi connectivity index (χ0n) is 19.1. The second-order valence-electron chi connectivity index (χ2n) is 8.14. The Labute approximate surface area is 196 Å². The summed E-state index contributed by atoms with van der Waals surface area (Å²) in [4.78, 5) is 27.6. The molecule has 1 aromatic carbocycles. The van der Waals surface area contributed by atoms with Crippen molar-refractivity contribution in [3.8, 4) is 5.75 Å². The molecule has 0 aliphatic carbocycles. The van der Waals surface area contributed by atoms with E-state index in [-0.39, 0.29) is 5.91 Å². The molecule has 1 saturated heterocycles. The van der Waals surface area contributed by atoms with Crippen LogP contribution in [0.1, 0.15) is 21.7 Å². The van der Waals surface area contributed by atoms with Crippen LogP contribution in [0, 0.1) is 13.8 Å². The van der Waals surface area contributed by atoms with Crippen LogP contribution in [-0.4, -0.2) is 71.7 Å². The number of aryl methyl sites for hydroxylation is 2. The minimum atomic E-state index is -0.102. The molecule has 5 rings (SSSR count). The van der Waals surface area contributed by atoms with E-state index >= 15 is 0 Å². The largest absolute Gasteiger partial charge is 0.494 e. The van der Waals surface area contributed by atoms with Gasteiger partial charge in [0.1, 0.15) is 22.6 Å². The summed E-state index contributed by atoms with van der Waals surface area (Å²) in [5, 5.41) is 0.668. The van der Waals surface area contributed by atoms with Crippen LogP contribution in [0.15, 0.2) is 36.5 Å². The minimum absolute atomic E-state index is 0.102. The molecule has 0 spiro atoms. The van der Waals surface area contributed by atoms with Crippen LogP contribution < -0.4 is 9.64 Å². The zero-order valence-corrected chi connectivity index (χ0v) is 19.9. The normalized spacial score (nSPS) is 14.8. The molecule has 0 saturated carbocycles. The van der Waals surface area contributed by atoms with Crippen molar-refractivity contribution in [3.05, 3.63) is 53.5 Å². The maximum Gasteiger partial charge on any atom is 0.279 e. The summed E-state index contributed by atoms with van der Waals surface area (Å²) in [5.41, 5.74) is 3.93. The summed E-state index contributed by atoms with van der Waals surface area (Å²) in [6, 6.07) is 9.70. The average Bonchev–Trinajstić information content (AvgIpc) is 3.41. The van der Waals surface area contributed by atoms with Gasteiger partial charge in [0.2, 0.25) is 0 Å². The first kappa shape index (κ1) is 21.8. The van der Waals surface area contributed by atoms with Gasteiger partial charge >= 0.3 is 0 Å². The van der Waals surface area contributed by atoms with Crippen LogP contribution in [0.25, 0.3) is 15.9 Å². The lowest BCUT2D eigenvalue weighted by atomic mass is 10.2. The van der Waals surface area contributed by atoms with Gasteiger partial charge < -0.3 is 9.47 Å². The van der Waals surface area contributed by atoms with Crippen LogP contribution >= 0.6 is 11.3 Å². The van der Waals surface area contributed by atoms with Crippen LogP contribution in [0.4, 0.5) is 5.13 Å². The second-order valence-corrected chi connectivity index (χ2v) is 9.12. The summed E-state index contributed by atoms with van der Waals surface area (Å²) < 4.78 is 13.9. The maximum absolute atomic E-state index is 14.0. The van der Waals surface area contributed by atoms with E-state index in [4.69, 9.17) is 14.5 Å². The molecular weight excluding hydrogens is 438 g/mol. The summed E-state index contributed by atoms with van der Waals surface area (Å²) in [6.45, 7) is 8.38. The van der Waals surface area contributed by atoms with Gasteiger partial charge in [0.25, 0.3) is 5.91 Å². The standard InChI is InChI=1S/C24H27N5O3S/c1-16-7-8-18(31-3)20-22(16)33-24(26-20)29(11-10-27-12-14-32-15-13-27)23(30)21-17(2)25-19-6-4-5-9-28(19)21/h4-9H,10-15H2,1-3H3. The number of pyridine rings is 1. The van der Waals surface area contributed by atoms with E-state index < -0.39 is 0 Å².